The van der Waals surface area contributed by atoms with Gasteiger partial charge in [0, 0.05) is 12.1 Å². The van der Waals surface area contributed by atoms with E-state index >= 15 is 0 Å². The maximum atomic E-state index is 11.7. The van der Waals surface area contributed by atoms with Crippen molar-refractivity contribution in [1.82, 2.24) is 5.32 Å². The van der Waals surface area contributed by atoms with Crippen molar-refractivity contribution in [2.24, 2.45) is 5.92 Å². The first-order chi connectivity index (χ1) is 7.86. The van der Waals surface area contributed by atoms with E-state index in [1.807, 2.05) is 30.3 Å². The summed E-state index contributed by atoms with van der Waals surface area (Å²) in [6.45, 7) is 0.693. The van der Waals surface area contributed by atoms with Crippen LogP contribution < -0.4 is 5.32 Å². The normalized spacial score (nSPS) is 16.2. The summed E-state index contributed by atoms with van der Waals surface area (Å²) < 4.78 is 0. The van der Waals surface area contributed by atoms with E-state index < -0.39 is 0 Å². The SMILES string of the molecule is O=C([N]CCC1CCCC1)c1ccccc1. The Morgan fingerprint density at radius 3 is 2.56 bits per heavy atom. The number of carbonyl (C=O) groups is 1. The standard InChI is InChI=1S/C14H18NO/c16-14(13-8-2-1-3-9-13)15-11-10-12-6-4-5-7-12/h1-3,8-9,12H,4-7,10-11H2. The van der Waals surface area contributed by atoms with E-state index in [2.05, 4.69) is 5.32 Å². The second kappa shape index (κ2) is 5.69. The zero-order valence-corrected chi connectivity index (χ0v) is 9.56. The predicted octanol–water partition coefficient (Wildman–Crippen LogP) is 3.01. The molecule has 85 valence electrons. The van der Waals surface area contributed by atoms with Crippen molar-refractivity contribution in [3.05, 3.63) is 35.9 Å². The monoisotopic (exact) mass is 216 g/mol. The molecule has 1 fully saturated rings. The lowest BCUT2D eigenvalue weighted by Gasteiger charge is -2.07. The molecule has 2 rings (SSSR count). The third kappa shape index (κ3) is 3.09. The third-order valence-corrected chi connectivity index (χ3v) is 3.29. The molecule has 0 aromatic heterocycles. The van der Waals surface area contributed by atoms with Crippen LogP contribution in [0.5, 0.6) is 0 Å². The van der Waals surface area contributed by atoms with Gasteiger partial charge < -0.3 is 0 Å². The van der Waals surface area contributed by atoms with Crippen molar-refractivity contribution in [3.63, 3.8) is 0 Å². The van der Waals surface area contributed by atoms with Crippen LogP contribution in [0.4, 0.5) is 0 Å². The first-order valence-corrected chi connectivity index (χ1v) is 6.13. The van der Waals surface area contributed by atoms with Gasteiger partial charge in [0.05, 0.1) is 0 Å². The van der Waals surface area contributed by atoms with Gasteiger partial charge in [-0.3, -0.25) is 4.79 Å². The molecule has 2 nitrogen and oxygen atoms in total. The van der Waals surface area contributed by atoms with Crippen LogP contribution >= 0.6 is 0 Å². The smallest absolute Gasteiger partial charge is 0.267 e. The third-order valence-electron chi connectivity index (χ3n) is 3.29. The van der Waals surface area contributed by atoms with E-state index in [9.17, 15) is 4.79 Å². The highest BCUT2D eigenvalue weighted by Gasteiger charge is 2.15. The summed E-state index contributed by atoms with van der Waals surface area (Å²) >= 11 is 0. The van der Waals surface area contributed by atoms with E-state index in [4.69, 9.17) is 0 Å². The van der Waals surface area contributed by atoms with Crippen LogP contribution in [0.25, 0.3) is 0 Å². The van der Waals surface area contributed by atoms with Crippen molar-refractivity contribution in [3.8, 4) is 0 Å². The lowest BCUT2D eigenvalue weighted by atomic mass is 10.0. The van der Waals surface area contributed by atoms with E-state index in [0.717, 1.165) is 12.3 Å². The average Bonchev–Trinajstić information content (AvgIpc) is 2.83. The highest BCUT2D eigenvalue weighted by Crippen LogP contribution is 2.26. The van der Waals surface area contributed by atoms with E-state index in [1.165, 1.54) is 25.7 Å². The summed E-state index contributed by atoms with van der Waals surface area (Å²) in [4.78, 5) is 11.7. The molecule has 1 saturated carbocycles. The van der Waals surface area contributed by atoms with Gasteiger partial charge in [-0.25, -0.2) is 5.32 Å². The van der Waals surface area contributed by atoms with Crippen LogP contribution in [0.3, 0.4) is 0 Å². The van der Waals surface area contributed by atoms with E-state index in [0.29, 0.717) is 12.1 Å². The summed E-state index contributed by atoms with van der Waals surface area (Å²) in [5.41, 5.74) is 0.703. The summed E-state index contributed by atoms with van der Waals surface area (Å²) in [5, 5.41) is 4.12. The molecule has 1 aliphatic rings. The van der Waals surface area contributed by atoms with Crippen LogP contribution in [0.2, 0.25) is 0 Å². The Balaban J connectivity index is 1.71. The molecular weight excluding hydrogens is 198 g/mol. The van der Waals surface area contributed by atoms with Crippen LogP contribution in [-0.2, 0) is 0 Å². The minimum Gasteiger partial charge on any atom is -0.267 e. The Morgan fingerprint density at radius 1 is 1.19 bits per heavy atom. The molecule has 1 aliphatic carbocycles. The Hall–Kier alpha value is -1.31. The van der Waals surface area contributed by atoms with Crippen LogP contribution in [-0.4, -0.2) is 12.5 Å². The minimum absolute atomic E-state index is 0.0707. The maximum Gasteiger partial charge on any atom is 0.272 e. The molecule has 0 N–H and O–H groups in total. The summed E-state index contributed by atoms with van der Waals surface area (Å²) in [5.74, 6) is 0.742. The fraction of sp³-hybridized carbons (Fsp3) is 0.500. The highest BCUT2D eigenvalue weighted by molar-refractivity contribution is 5.93. The highest BCUT2D eigenvalue weighted by atomic mass is 16.1. The molecule has 0 bridgehead atoms. The topological polar surface area (TPSA) is 31.2 Å². The van der Waals surface area contributed by atoms with Gasteiger partial charge in [0.1, 0.15) is 0 Å². The van der Waals surface area contributed by atoms with Gasteiger partial charge in [0.2, 0.25) is 0 Å². The first-order valence-electron chi connectivity index (χ1n) is 6.13. The number of benzene rings is 1. The summed E-state index contributed by atoms with van der Waals surface area (Å²) in [6, 6.07) is 9.30. The number of hydrogen-bond acceptors (Lipinski definition) is 1. The molecule has 0 saturated heterocycles. The van der Waals surface area contributed by atoms with Crippen molar-refractivity contribution in [1.29, 1.82) is 0 Å². The quantitative estimate of drug-likeness (QED) is 0.761. The Morgan fingerprint density at radius 2 is 1.88 bits per heavy atom. The largest absolute Gasteiger partial charge is 0.272 e. The molecule has 1 aromatic carbocycles. The fourth-order valence-corrected chi connectivity index (χ4v) is 2.32. The first kappa shape index (κ1) is 11.2. The lowest BCUT2D eigenvalue weighted by molar-refractivity contribution is 0.0946. The predicted molar refractivity (Wildman–Crippen MR) is 64.3 cm³/mol. The Kier molecular flexibility index (Phi) is 3.97. The second-order valence-electron chi connectivity index (χ2n) is 4.49. The number of amides is 1. The lowest BCUT2D eigenvalue weighted by Crippen LogP contribution is -2.18. The average molecular weight is 216 g/mol. The molecule has 0 atom stereocenters. The van der Waals surface area contributed by atoms with Gasteiger partial charge >= 0.3 is 0 Å². The molecule has 2 heteroatoms. The zero-order valence-electron chi connectivity index (χ0n) is 9.56. The number of rotatable bonds is 4. The number of hydrogen-bond donors (Lipinski definition) is 0. The molecule has 0 spiro atoms. The van der Waals surface area contributed by atoms with Crippen molar-refractivity contribution >= 4 is 5.91 Å². The van der Waals surface area contributed by atoms with Crippen molar-refractivity contribution in [2.45, 2.75) is 32.1 Å². The maximum absolute atomic E-state index is 11.7. The van der Waals surface area contributed by atoms with E-state index in [1.54, 1.807) is 0 Å². The molecule has 1 amide bonds. The van der Waals surface area contributed by atoms with Crippen LogP contribution in [0.15, 0.2) is 30.3 Å². The van der Waals surface area contributed by atoms with Gasteiger partial charge in [-0.15, -0.1) is 0 Å². The minimum atomic E-state index is -0.0707. The number of carbonyl (C=O) groups excluding carboxylic acids is 1. The Bertz CT molecular complexity index is 328. The van der Waals surface area contributed by atoms with Gasteiger partial charge in [0.25, 0.3) is 5.91 Å². The van der Waals surface area contributed by atoms with E-state index in [-0.39, 0.29) is 5.91 Å². The van der Waals surface area contributed by atoms with Gasteiger partial charge in [-0.05, 0) is 24.5 Å². The summed E-state index contributed by atoms with van der Waals surface area (Å²) in [6.07, 6.45) is 6.46. The molecule has 0 aliphatic heterocycles. The number of nitrogens with zero attached hydrogens (tertiary/aromatic N) is 1. The molecule has 1 aromatic rings. The van der Waals surface area contributed by atoms with Crippen molar-refractivity contribution in [2.75, 3.05) is 6.54 Å². The van der Waals surface area contributed by atoms with Gasteiger partial charge in [-0.1, -0.05) is 43.9 Å². The molecule has 16 heavy (non-hydrogen) atoms. The zero-order chi connectivity index (χ0) is 11.2. The van der Waals surface area contributed by atoms with Gasteiger partial charge in [-0.2, -0.15) is 0 Å². The second-order valence-corrected chi connectivity index (χ2v) is 4.49. The Labute approximate surface area is 97.1 Å². The van der Waals surface area contributed by atoms with Crippen LogP contribution in [0.1, 0.15) is 42.5 Å². The molecule has 0 heterocycles. The summed E-state index contributed by atoms with van der Waals surface area (Å²) in [7, 11) is 0. The molecule has 0 unspecified atom stereocenters. The molecular formula is C14H18NO. The van der Waals surface area contributed by atoms with Crippen LogP contribution in [0, 0.1) is 5.92 Å². The molecule has 1 radical (unpaired) electrons. The van der Waals surface area contributed by atoms with Crippen molar-refractivity contribution < 1.29 is 4.79 Å². The van der Waals surface area contributed by atoms with Gasteiger partial charge in [0.15, 0.2) is 0 Å². The fourth-order valence-electron chi connectivity index (χ4n) is 2.32.